The Balaban J connectivity index is 2.06. The predicted molar refractivity (Wildman–Crippen MR) is 70.9 cm³/mol. The van der Waals surface area contributed by atoms with Crippen LogP contribution in [0.1, 0.15) is 46.8 Å². The van der Waals surface area contributed by atoms with E-state index in [2.05, 4.69) is 5.32 Å². The van der Waals surface area contributed by atoms with Crippen molar-refractivity contribution in [2.75, 3.05) is 6.54 Å². The summed E-state index contributed by atoms with van der Waals surface area (Å²) in [5.41, 5.74) is 8.66. The minimum Gasteiger partial charge on any atom is -0.481 e. The zero-order valence-corrected chi connectivity index (χ0v) is 10.7. The van der Waals surface area contributed by atoms with Gasteiger partial charge in [0.05, 0.1) is 0 Å². The highest BCUT2D eigenvalue weighted by Gasteiger charge is 2.18. The summed E-state index contributed by atoms with van der Waals surface area (Å²) in [5, 5.41) is 11.4. The molecule has 0 radical (unpaired) electrons. The quantitative estimate of drug-likeness (QED) is 0.744. The first-order valence-corrected chi connectivity index (χ1v) is 6.46. The fourth-order valence-electron chi connectivity index (χ4n) is 2.30. The van der Waals surface area contributed by atoms with E-state index < -0.39 is 5.97 Å². The van der Waals surface area contributed by atoms with Gasteiger partial charge in [-0.15, -0.1) is 0 Å². The van der Waals surface area contributed by atoms with E-state index in [9.17, 15) is 9.59 Å². The summed E-state index contributed by atoms with van der Waals surface area (Å²) in [6.45, 7) is 0.676. The summed E-state index contributed by atoms with van der Waals surface area (Å²) in [6, 6.07) is 5.48. The highest BCUT2D eigenvalue weighted by atomic mass is 16.4. The van der Waals surface area contributed by atoms with E-state index in [0.717, 1.165) is 17.5 Å². The predicted octanol–water partition coefficient (Wildman–Crippen LogP) is 1.23. The lowest BCUT2D eigenvalue weighted by Gasteiger charge is -2.19. The van der Waals surface area contributed by atoms with Gasteiger partial charge < -0.3 is 16.2 Å². The third kappa shape index (κ3) is 3.32. The van der Waals surface area contributed by atoms with Crippen molar-refractivity contribution in [3.8, 4) is 0 Å². The van der Waals surface area contributed by atoms with Gasteiger partial charge in [0.15, 0.2) is 0 Å². The Morgan fingerprint density at radius 2 is 2.26 bits per heavy atom. The average Bonchev–Trinajstić information content (AvgIpc) is 2.38. The lowest BCUT2D eigenvalue weighted by atomic mass is 9.94. The Morgan fingerprint density at radius 1 is 1.47 bits per heavy atom. The van der Waals surface area contributed by atoms with Crippen molar-refractivity contribution < 1.29 is 14.7 Å². The lowest BCUT2D eigenvalue weighted by Crippen LogP contribution is -2.32. The molecule has 5 heteroatoms. The first-order chi connectivity index (χ1) is 9.08. The van der Waals surface area contributed by atoms with Crippen LogP contribution in [0.2, 0.25) is 0 Å². The van der Waals surface area contributed by atoms with E-state index in [1.54, 1.807) is 0 Å². The molecule has 0 aromatic heterocycles. The summed E-state index contributed by atoms with van der Waals surface area (Å²) < 4.78 is 0. The normalized spacial score (nSPS) is 15.5. The van der Waals surface area contributed by atoms with Crippen LogP contribution in [0.15, 0.2) is 18.2 Å². The topological polar surface area (TPSA) is 92.4 Å². The number of carboxylic acid groups (broad SMARTS) is 1. The third-order valence-corrected chi connectivity index (χ3v) is 3.39. The first-order valence-electron chi connectivity index (χ1n) is 6.46. The van der Waals surface area contributed by atoms with Crippen LogP contribution in [0, 0.1) is 0 Å². The Morgan fingerprint density at radius 3 is 3.00 bits per heavy atom. The van der Waals surface area contributed by atoms with E-state index in [4.69, 9.17) is 10.8 Å². The maximum absolute atomic E-state index is 11.7. The molecular formula is C14H18N2O3. The lowest BCUT2D eigenvalue weighted by molar-refractivity contribution is -0.137. The van der Waals surface area contributed by atoms with Crippen molar-refractivity contribution in [1.29, 1.82) is 0 Å². The Kier molecular flexibility index (Phi) is 4.16. The van der Waals surface area contributed by atoms with Gasteiger partial charge in [0.2, 0.25) is 0 Å². The molecule has 4 N–H and O–H groups in total. The number of carboxylic acids is 1. The molecule has 1 aromatic rings. The summed E-state index contributed by atoms with van der Waals surface area (Å²) in [4.78, 5) is 22.2. The van der Waals surface area contributed by atoms with Gasteiger partial charge in [0.25, 0.3) is 5.91 Å². The number of carbonyl (C=O) groups is 2. The van der Waals surface area contributed by atoms with E-state index >= 15 is 0 Å². The highest BCUT2D eigenvalue weighted by Crippen LogP contribution is 2.22. The average molecular weight is 262 g/mol. The van der Waals surface area contributed by atoms with Gasteiger partial charge in [-0.05, 0) is 36.5 Å². The van der Waals surface area contributed by atoms with Gasteiger partial charge in [0.1, 0.15) is 0 Å². The number of nitrogens with one attached hydrogen (secondary N) is 1. The van der Waals surface area contributed by atoms with Crippen LogP contribution < -0.4 is 11.1 Å². The standard InChI is InChI=1S/C14H18N2O3/c15-12(2-1-3-13(17)18)10-5-4-9-6-7-16-14(19)11(9)8-10/h4-5,8,12H,1-3,6-7,15H2,(H,16,19)(H,17,18). The second kappa shape index (κ2) is 5.84. The van der Waals surface area contributed by atoms with Crippen molar-refractivity contribution >= 4 is 11.9 Å². The Labute approximate surface area is 111 Å². The summed E-state index contributed by atoms with van der Waals surface area (Å²) in [7, 11) is 0. The molecule has 1 aliphatic rings. The number of nitrogens with two attached hydrogens (primary N) is 1. The Hall–Kier alpha value is -1.88. The second-order valence-corrected chi connectivity index (χ2v) is 4.81. The molecule has 1 amide bonds. The number of fused-ring (bicyclic) bond motifs is 1. The molecule has 19 heavy (non-hydrogen) atoms. The zero-order valence-electron chi connectivity index (χ0n) is 10.7. The highest BCUT2D eigenvalue weighted by molar-refractivity contribution is 5.96. The molecule has 1 unspecified atom stereocenters. The monoisotopic (exact) mass is 262 g/mol. The molecule has 0 spiro atoms. The molecule has 1 atom stereocenters. The minimum atomic E-state index is -0.808. The largest absolute Gasteiger partial charge is 0.481 e. The van der Waals surface area contributed by atoms with Gasteiger partial charge in [-0.3, -0.25) is 9.59 Å². The number of aliphatic carboxylic acids is 1. The SMILES string of the molecule is NC(CCCC(=O)O)c1ccc2c(c1)C(=O)NCC2. The van der Waals surface area contributed by atoms with Crippen LogP contribution in [0.5, 0.6) is 0 Å². The molecule has 0 saturated heterocycles. The van der Waals surface area contributed by atoms with E-state index in [1.165, 1.54) is 0 Å². The molecule has 0 saturated carbocycles. The van der Waals surface area contributed by atoms with E-state index in [1.807, 2.05) is 18.2 Å². The fourth-order valence-corrected chi connectivity index (χ4v) is 2.30. The van der Waals surface area contributed by atoms with Gasteiger partial charge in [0, 0.05) is 24.6 Å². The molecule has 1 aromatic carbocycles. The van der Waals surface area contributed by atoms with Gasteiger partial charge in [-0.25, -0.2) is 0 Å². The number of amides is 1. The van der Waals surface area contributed by atoms with Gasteiger partial charge in [-0.1, -0.05) is 12.1 Å². The number of rotatable bonds is 5. The van der Waals surface area contributed by atoms with Crippen molar-refractivity contribution in [2.24, 2.45) is 5.73 Å². The van der Waals surface area contributed by atoms with Crippen LogP contribution >= 0.6 is 0 Å². The van der Waals surface area contributed by atoms with Crippen LogP contribution in [0.25, 0.3) is 0 Å². The van der Waals surface area contributed by atoms with Crippen LogP contribution in [-0.4, -0.2) is 23.5 Å². The number of hydrogen-bond acceptors (Lipinski definition) is 3. The van der Waals surface area contributed by atoms with Crippen LogP contribution in [-0.2, 0) is 11.2 Å². The van der Waals surface area contributed by atoms with E-state index in [0.29, 0.717) is 24.9 Å². The number of carbonyl (C=O) groups excluding carboxylic acids is 1. The molecular weight excluding hydrogens is 244 g/mol. The maximum atomic E-state index is 11.7. The van der Waals surface area contributed by atoms with Crippen molar-refractivity contribution in [2.45, 2.75) is 31.7 Å². The van der Waals surface area contributed by atoms with Crippen molar-refractivity contribution in [3.63, 3.8) is 0 Å². The smallest absolute Gasteiger partial charge is 0.303 e. The van der Waals surface area contributed by atoms with Crippen LogP contribution in [0.4, 0.5) is 0 Å². The molecule has 1 heterocycles. The van der Waals surface area contributed by atoms with E-state index in [-0.39, 0.29) is 18.4 Å². The number of hydrogen-bond donors (Lipinski definition) is 3. The summed E-state index contributed by atoms with van der Waals surface area (Å²) >= 11 is 0. The zero-order chi connectivity index (χ0) is 13.8. The Bertz CT molecular complexity index is 499. The molecule has 5 nitrogen and oxygen atoms in total. The number of benzene rings is 1. The first kappa shape index (κ1) is 13.5. The fraction of sp³-hybridized carbons (Fsp3) is 0.429. The summed E-state index contributed by atoms with van der Waals surface area (Å²) in [5.74, 6) is -0.863. The molecule has 2 rings (SSSR count). The molecule has 0 aliphatic carbocycles. The molecule has 102 valence electrons. The van der Waals surface area contributed by atoms with Crippen molar-refractivity contribution in [3.05, 3.63) is 34.9 Å². The molecule has 0 fully saturated rings. The minimum absolute atomic E-state index is 0.0548. The molecule has 1 aliphatic heterocycles. The maximum Gasteiger partial charge on any atom is 0.303 e. The van der Waals surface area contributed by atoms with Gasteiger partial charge >= 0.3 is 5.97 Å². The third-order valence-electron chi connectivity index (χ3n) is 3.39. The summed E-state index contributed by atoms with van der Waals surface area (Å²) in [6.07, 6.45) is 2.11. The van der Waals surface area contributed by atoms with Crippen molar-refractivity contribution in [1.82, 2.24) is 5.32 Å². The van der Waals surface area contributed by atoms with Gasteiger partial charge in [-0.2, -0.15) is 0 Å². The van der Waals surface area contributed by atoms with Crippen LogP contribution in [0.3, 0.4) is 0 Å². The second-order valence-electron chi connectivity index (χ2n) is 4.81. The molecule has 0 bridgehead atoms.